The molecule has 5 heteroatoms. The summed E-state index contributed by atoms with van der Waals surface area (Å²) in [5.74, 6) is 6.62. The Balaban J connectivity index is 1.82. The van der Waals surface area contributed by atoms with Crippen LogP contribution in [0.4, 0.5) is 5.69 Å². The van der Waals surface area contributed by atoms with Gasteiger partial charge in [-0.2, -0.15) is 0 Å². The molecule has 1 heterocycles. The molecule has 1 aromatic heterocycles. The Labute approximate surface area is 126 Å². The Kier molecular flexibility index (Phi) is 3.67. The largest absolute Gasteiger partial charge is 0.430 e. The van der Waals surface area contributed by atoms with Gasteiger partial charge in [0.1, 0.15) is 0 Å². The second-order valence-electron chi connectivity index (χ2n) is 4.45. The third-order valence-electron chi connectivity index (χ3n) is 2.96. The molecular formula is C17H10N2O3. The van der Waals surface area contributed by atoms with Crippen LogP contribution in [0.15, 0.2) is 65.2 Å². The molecule has 0 radical (unpaired) electrons. The summed E-state index contributed by atoms with van der Waals surface area (Å²) in [7, 11) is 0. The maximum absolute atomic E-state index is 10.6. The molecule has 0 atom stereocenters. The summed E-state index contributed by atoms with van der Waals surface area (Å²) in [5, 5.41) is 10.6. The van der Waals surface area contributed by atoms with E-state index in [0.717, 1.165) is 5.56 Å². The number of oxazole rings is 1. The van der Waals surface area contributed by atoms with E-state index < -0.39 is 4.92 Å². The van der Waals surface area contributed by atoms with Crippen LogP contribution in [0.2, 0.25) is 0 Å². The summed E-state index contributed by atoms with van der Waals surface area (Å²) >= 11 is 0. The molecule has 0 aliphatic heterocycles. The zero-order valence-electron chi connectivity index (χ0n) is 11.4. The molecule has 0 spiro atoms. The predicted octanol–water partition coefficient (Wildman–Crippen LogP) is 3.65. The molecule has 0 aliphatic rings. The van der Waals surface area contributed by atoms with E-state index >= 15 is 0 Å². The standard InChI is InChI=1S/C17H10N2O3/c20-19(21)15-9-7-14(8-10-15)16-12-18-17(22-16)11-6-13-4-2-1-3-5-13/h1-5,7-10,12H. The molecule has 0 saturated carbocycles. The Morgan fingerprint density at radius 2 is 1.73 bits per heavy atom. The molecule has 2 aromatic carbocycles. The molecule has 0 N–H and O–H groups in total. The zero-order valence-corrected chi connectivity index (χ0v) is 11.4. The molecule has 5 nitrogen and oxygen atoms in total. The van der Waals surface area contributed by atoms with Crippen molar-refractivity contribution in [3.8, 4) is 23.2 Å². The summed E-state index contributed by atoms with van der Waals surface area (Å²) in [6.45, 7) is 0. The lowest BCUT2D eigenvalue weighted by Crippen LogP contribution is -1.86. The van der Waals surface area contributed by atoms with Crippen molar-refractivity contribution in [2.24, 2.45) is 0 Å². The lowest BCUT2D eigenvalue weighted by molar-refractivity contribution is -0.384. The van der Waals surface area contributed by atoms with Crippen molar-refractivity contribution < 1.29 is 9.34 Å². The first kappa shape index (κ1) is 13.6. The Morgan fingerprint density at radius 3 is 2.41 bits per heavy atom. The number of hydrogen-bond acceptors (Lipinski definition) is 4. The molecule has 0 bridgehead atoms. The van der Waals surface area contributed by atoms with Gasteiger partial charge in [-0.1, -0.05) is 24.1 Å². The highest BCUT2D eigenvalue weighted by Crippen LogP contribution is 2.22. The first-order valence-electron chi connectivity index (χ1n) is 6.50. The maximum Gasteiger partial charge on any atom is 0.274 e. The van der Waals surface area contributed by atoms with E-state index in [-0.39, 0.29) is 5.69 Å². The number of nitrogens with zero attached hydrogens (tertiary/aromatic N) is 2. The number of benzene rings is 2. The number of aromatic nitrogens is 1. The van der Waals surface area contributed by atoms with Crippen LogP contribution in [-0.2, 0) is 0 Å². The van der Waals surface area contributed by atoms with Crippen LogP contribution in [0, 0.1) is 22.0 Å². The number of hydrogen-bond donors (Lipinski definition) is 0. The van der Waals surface area contributed by atoms with Crippen LogP contribution in [0.1, 0.15) is 11.5 Å². The average Bonchev–Trinajstić information content (AvgIpc) is 3.03. The SMILES string of the molecule is O=[N+]([O-])c1ccc(-c2cnc(C#Cc3ccccc3)o2)cc1. The van der Waals surface area contributed by atoms with Gasteiger partial charge in [-0.25, -0.2) is 4.98 Å². The summed E-state index contributed by atoms with van der Waals surface area (Å²) in [4.78, 5) is 14.3. The lowest BCUT2D eigenvalue weighted by Gasteiger charge is -1.95. The van der Waals surface area contributed by atoms with E-state index in [9.17, 15) is 10.1 Å². The highest BCUT2D eigenvalue weighted by Gasteiger charge is 2.08. The van der Waals surface area contributed by atoms with Gasteiger partial charge in [-0.15, -0.1) is 0 Å². The van der Waals surface area contributed by atoms with Gasteiger partial charge in [0.15, 0.2) is 5.76 Å². The Bertz CT molecular complexity index is 856. The van der Waals surface area contributed by atoms with Gasteiger partial charge in [-0.3, -0.25) is 10.1 Å². The second kappa shape index (κ2) is 5.94. The molecule has 0 unspecified atom stereocenters. The number of rotatable bonds is 2. The number of non-ortho nitro benzene ring substituents is 1. The van der Waals surface area contributed by atoms with Crippen molar-refractivity contribution >= 4 is 5.69 Å². The molecule has 3 rings (SSSR count). The smallest absolute Gasteiger partial charge is 0.274 e. The van der Waals surface area contributed by atoms with E-state index in [1.807, 2.05) is 30.3 Å². The van der Waals surface area contributed by atoms with Crippen LogP contribution < -0.4 is 0 Å². The summed E-state index contributed by atoms with van der Waals surface area (Å²) < 4.78 is 5.54. The molecular weight excluding hydrogens is 280 g/mol. The van der Waals surface area contributed by atoms with Gasteiger partial charge in [-0.05, 0) is 30.2 Å². The van der Waals surface area contributed by atoms with Gasteiger partial charge in [0.2, 0.25) is 0 Å². The fourth-order valence-electron chi connectivity index (χ4n) is 1.86. The van der Waals surface area contributed by atoms with Gasteiger partial charge in [0.05, 0.1) is 11.1 Å². The van der Waals surface area contributed by atoms with Crippen molar-refractivity contribution in [3.63, 3.8) is 0 Å². The van der Waals surface area contributed by atoms with Crippen LogP contribution in [0.5, 0.6) is 0 Å². The second-order valence-corrected chi connectivity index (χ2v) is 4.45. The highest BCUT2D eigenvalue weighted by molar-refractivity contribution is 5.58. The average molecular weight is 290 g/mol. The minimum Gasteiger partial charge on any atom is -0.430 e. The van der Waals surface area contributed by atoms with Gasteiger partial charge in [0.25, 0.3) is 11.6 Å². The molecule has 3 aromatic rings. The molecule has 22 heavy (non-hydrogen) atoms. The maximum atomic E-state index is 10.6. The van der Waals surface area contributed by atoms with E-state index in [2.05, 4.69) is 16.8 Å². The van der Waals surface area contributed by atoms with Crippen molar-refractivity contribution in [1.82, 2.24) is 4.98 Å². The summed E-state index contributed by atoms with van der Waals surface area (Å²) in [6.07, 6.45) is 1.55. The van der Waals surface area contributed by atoms with E-state index in [0.29, 0.717) is 17.2 Å². The highest BCUT2D eigenvalue weighted by atomic mass is 16.6. The van der Waals surface area contributed by atoms with Gasteiger partial charge < -0.3 is 4.42 Å². The first-order valence-corrected chi connectivity index (χ1v) is 6.50. The first-order chi connectivity index (χ1) is 10.7. The number of nitro benzene ring substituents is 1. The van der Waals surface area contributed by atoms with Crippen molar-refractivity contribution in [1.29, 1.82) is 0 Å². The van der Waals surface area contributed by atoms with E-state index in [1.165, 1.54) is 12.1 Å². The van der Waals surface area contributed by atoms with Crippen LogP contribution in [-0.4, -0.2) is 9.91 Å². The zero-order chi connectivity index (χ0) is 15.4. The molecule has 0 fully saturated rings. The minimum atomic E-state index is -0.444. The normalized spacial score (nSPS) is 9.82. The molecule has 0 aliphatic carbocycles. The molecule has 106 valence electrons. The lowest BCUT2D eigenvalue weighted by atomic mass is 10.2. The fraction of sp³-hybridized carbons (Fsp3) is 0. The topological polar surface area (TPSA) is 69.2 Å². The van der Waals surface area contributed by atoms with Crippen molar-refractivity contribution in [2.45, 2.75) is 0 Å². The summed E-state index contributed by atoms with van der Waals surface area (Å²) in [5.41, 5.74) is 1.62. The summed E-state index contributed by atoms with van der Waals surface area (Å²) in [6, 6.07) is 15.6. The third kappa shape index (κ3) is 3.02. The monoisotopic (exact) mass is 290 g/mol. The molecule has 0 saturated heterocycles. The van der Waals surface area contributed by atoms with Gasteiger partial charge >= 0.3 is 0 Å². The number of nitro groups is 1. The van der Waals surface area contributed by atoms with Crippen LogP contribution in [0.25, 0.3) is 11.3 Å². The van der Waals surface area contributed by atoms with Crippen molar-refractivity contribution in [2.75, 3.05) is 0 Å². The quantitative estimate of drug-likeness (QED) is 0.410. The fourth-order valence-corrected chi connectivity index (χ4v) is 1.86. The van der Waals surface area contributed by atoms with Crippen LogP contribution in [0.3, 0.4) is 0 Å². The van der Waals surface area contributed by atoms with E-state index in [4.69, 9.17) is 4.42 Å². The third-order valence-corrected chi connectivity index (χ3v) is 2.96. The minimum absolute atomic E-state index is 0.0346. The predicted molar refractivity (Wildman–Crippen MR) is 81.0 cm³/mol. The van der Waals surface area contributed by atoms with E-state index in [1.54, 1.807) is 18.3 Å². The Hall–Kier alpha value is -3.39. The van der Waals surface area contributed by atoms with Crippen molar-refractivity contribution in [3.05, 3.63) is 82.4 Å². The van der Waals surface area contributed by atoms with Gasteiger partial charge in [0, 0.05) is 23.3 Å². The van der Waals surface area contributed by atoms with Crippen LogP contribution >= 0.6 is 0 Å². The molecule has 0 amide bonds. The Morgan fingerprint density at radius 1 is 1.00 bits per heavy atom.